The number of fused-ring (bicyclic) bond motifs is 1. The van der Waals surface area contributed by atoms with E-state index < -0.39 is 17.0 Å². The van der Waals surface area contributed by atoms with Gasteiger partial charge in [-0.25, -0.2) is 4.98 Å². The number of thioether (sulfide) groups is 1. The van der Waals surface area contributed by atoms with Gasteiger partial charge in [0.05, 0.1) is 16.8 Å². The molecule has 206 valence electrons. The van der Waals surface area contributed by atoms with Gasteiger partial charge in [-0.05, 0) is 86.1 Å². The van der Waals surface area contributed by atoms with Crippen molar-refractivity contribution in [2.45, 2.75) is 50.4 Å². The largest absolute Gasteiger partial charge is 1.00 e. The van der Waals surface area contributed by atoms with E-state index in [0.717, 1.165) is 51.7 Å². The number of aryl methyl sites for hydroxylation is 1. The van der Waals surface area contributed by atoms with E-state index in [1.165, 1.54) is 0 Å². The molecular formula is C34H33ClNNaO3S. The Morgan fingerprint density at radius 1 is 1.07 bits per heavy atom. The van der Waals surface area contributed by atoms with Crippen LogP contribution in [0.2, 0.25) is 5.02 Å². The Kier molecular flexibility index (Phi) is 10.4. The molecule has 1 fully saturated rings. The molecular weight excluding hydrogens is 561 g/mol. The molecule has 4 aromatic rings. The Hall–Kier alpha value is -2.12. The fraction of sp³-hybridized carbons (Fsp3) is 0.294. The minimum Gasteiger partial charge on any atom is -0.550 e. The summed E-state index contributed by atoms with van der Waals surface area (Å²) in [5.74, 6) is -0.400. The molecule has 0 saturated heterocycles. The molecule has 1 saturated carbocycles. The molecule has 7 heteroatoms. The Labute approximate surface area is 273 Å². The van der Waals surface area contributed by atoms with Crippen molar-refractivity contribution in [1.82, 2.24) is 4.98 Å². The first kappa shape index (κ1) is 31.8. The molecule has 0 radical (unpaired) electrons. The number of pyridine rings is 1. The summed E-state index contributed by atoms with van der Waals surface area (Å²) < 4.78 is 0. The molecule has 0 amide bonds. The minimum absolute atomic E-state index is 0. The van der Waals surface area contributed by atoms with Crippen molar-refractivity contribution in [1.29, 1.82) is 0 Å². The average molecular weight is 594 g/mol. The molecule has 5 rings (SSSR count). The van der Waals surface area contributed by atoms with Gasteiger partial charge >= 0.3 is 29.6 Å². The molecule has 0 bridgehead atoms. The van der Waals surface area contributed by atoms with E-state index in [2.05, 4.69) is 30.3 Å². The number of aliphatic hydroxyl groups is 1. The Morgan fingerprint density at radius 3 is 2.56 bits per heavy atom. The smallest absolute Gasteiger partial charge is 0.550 e. The quantitative estimate of drug-likeness (QED) is 0.264. The molecule has 1 aliphatic carbocycles. The number of hydrogen-bond donors (Lipinski definition) is 1. The van der Waals surface area contributed by atoms with Crippen LogP contribution in [0.25, 0.3) is 23.1 Å². The van der Waals surface area contributed by atoms with Gasteiger partial charge in [-0.15, -0.1) is 0 Å². The summed E-state index contributed by atoms with van der Waals surface area (Å²) in [6.07, 6.45) is 7.01. The van der Waals surface area contributed by atoms with Gasteiger partial charge in [-0.2, -0.15) is 11.8 Å². The second-order valence-corrected chi connectivity index (χ2v) is 12.8. The van der Waals surface area contributed by atoms with Crippen molar-refractivity contribution in [2.75, 3.05) is 5.75 Å². The number of carboxylic acid groups (broad SMARTS) is 1. The van der Waals surface area contributed by atoms with Crippen LogP contribution in [0.1, 0.15) is 66.3 Å². The van der Waals surface area contributed by atoms with E-state index in [4.69, 9.17) is 16.6 Å². The van der Waals surface area contributed by atoms with Crippen LogP contribution in [-0.4, -0.2) is 21.8 Å². The topological polar surface area (TPSA) is 73.2 Å². The second-order valence-electron chi connectivity index (χ2n) is 11.2. The van der Waals surface area contributed by atoms with E-state index in [9.17, 15) is 15.0 Å². The fourth-order valence-electron chi connectivity index (χ4n) is 5.03. The molecule has 1 unspecified atom stereocenters. The van der Waals surface area contributed by atoms with Crippen LogP contribution in [0.4, 0.5) is 0 Å². The monoisotopic (exact) mass is 593 g/mol. The van der Waals surface area contributed by atoms with Crippen molar-refractivity contribution in [3.8, 4) is 0 Å². The van der Waals surface area contributed by atoms with Crippen molar-refractivity contribution >= 4 is 52.4 Å². The zero-order valence-electron chi connectivity index (χ0n) is 23.8. The molecule has 1 atom stereocenters. The van der Waals surface area contributed by atoms with Gasteiger partial charge in [-0.1, -0.05) is 78.3 Å². The first-order valence-corrected chi connectivity index (χ1v) is 15.0. The standard InChI is InChI=1S/C34H34ClNO3S.Na/c1-33(2,39)29-9-4-3-7-24(29)13-17-31(40-22-34(18-19-34)32(37)38)26-8-5-6-23(20-26)10-15-28-16-12-25-11-14-27(35)21-30(25)36-28;/h3-12,14-16,20-21,31,39H,13,17-19,22H2,1-2H3,(H,37,38);/q;+1/p-1/b15-10+;. The number of hydrogen-bond acceptors (Lipinski definition) is 5. The first-order valence-electron chi connectivity index (χ1n) is 13.6. The van der Waals surface area contributed by atoms with Crippen molar-refractivity contribution in [2.24, 2.45) is 5.41 Å². The SMILES string of the molecule is CC(C)(O)c1ccccc1CCC(SCC1(C(=O)[O-])CC1)c1cccc(/C=C/c2ccc3ccc(Cl)cc3n2)c1.[Na+]. The summed E-state index contributed by atoms with van der Waals surface area (Å²) in [6, 6.07) is 26.1. The fourth-order valence-corrected chi connectivity index (χ4v) is 6.75. The molecule has 0 aliphatic heterocycles. The number of aliphatic carboxylic acids is 1. The number of halogens is 1. The molecule has 41 heavy (non-hydrogen) atoms. The maximum atomic E-state index is 11.8. The number of aromatic nitrogens is 1. The van der Waals surface area contributed by atoms with Gasteiger partial charge in [0.25, 0.3) is 0 Å². The maximum Gasteiger partial charge on any atom is 1.00 e. The number of carbonyl (C=O) groups excluding carboxylic acids is 1. The van der Waals surface area contributed by atoms with E-state index in [1.807, 2.05) is 74.5 Å². The zero-order valence-corrected chi connectivity index (χ0v) is 27.3. The zero-order chi connectivity index (χ0) is 28.3. The minimum atomic E-state index is -0.938. The molecule has 1 N–H and O–H groups in total. The Balaban J connectivity index is 0.00000387. The van der Waals surface area contributed by atoms with E-state index in [1.54, 1.807) is 11.8 Å². The Morgan fingerprint density at radius 2 is 1.83 bits per heavy atom. The molecule has 0 spiro atoms. The second kappa shape index (κ2) is 13.5. The number of nitrogens with zero attached hydrogens (tertiary/aromatic N) is 1. The predicted octanol–water partition coefficient (Wildman–Crippen LogP) is 4.23. The van der Waals surface area contributed by atoms with E-state index >= 15 is 0 Å². The van der Waals surface area contributed by atoms with Gasteiger partial charge in [0.2, 0.25) is 0 Å². The Bertz CT molecular complexity index is 1560. The van der Waals surface area contributed by atoms with Gasteiger partial charge in [-0.3, -0.25) is 0 Å². The summed E-state index contributed by atoms with van der Waals surface area (Å²) in [6.45, 7) is 3.62. The number of carboxylic acids is 1. The number of rotatable bonds is 11. The predicted molar refractivity (Wildman–Crippen MR) is 164 cm³/mol. The third-order valence-corrected chi connectivity index (χ3v) is 9.47. The van der Waals surface area contributed by atoms with Crippen molar-refractivity contribution in [3.05, 3.63) is 112 Å². The average Bonchev–Trinajstić information content (AvgIpc) is 3.73. The summed E-state index contributed by atoms with van der Waals surface area (Å²) in [4.78, 5) is 16.5. The molecule has 1 aromatic heterocycles. The summed E-state index contributed by atoms with van der Waals surface area (Å²) in [7, 11) is 0. The normalized spacial score (nSPS) is 15.0. The van der Waals surface area contributed by atoms with Crippen LogP contribution in [0.3, 0.4) is 0 Å². The summed E-state index contributed by atoms with van der Waals surface area (Å²) in [5.41, 5.74) is 4.31. The van der Waals surface area contributed by atoms with Crippen LogP contribution < -0.4 is 34.7 Å². The van der Waals surface area contributed by atoms with Crippen LogP contribution >= 0.6 is 23.4 Å². The van der Waals surface area contributed by atoms with Crippen LogP contribution in [0, 0.1) is 5.41 Å². The number of benzene rings is 3. The molecule has 1 aliphatic rings. The summed E-state index contributed by atoms with van der Waals surface area (Å²) >= 11 is 7.85. The van der Waals surface area contributed by atoms with Crippen LogP contribution in [-0.2, 0) is 16.8 Å². The third-order valence-electron chi connectivity index (χ3n) is 7.60. The van der Waals surface area contributed by atoms with E-state index in [0.29, 0.717) is 23.6 Å². The van der Waals surface area contributed by atoms with E-state index in [-0.39, 0.29) is 34.8 Å². The third kappa shape index (κ3) is 8.04. The van der Waals surface area contributed by atoms with Gasteiger partial charge in [0, 0.05) is 32.8 Å². The van der Waals surface area contributed by atoms with Gasteiger partial charge < -0.3 is 15.0 Å². The van der Waals surface area contributed by atoms with Crippen LogP contribution in [0.15, 0.2) is 78.9 Å². The van der Waals surface area contributed by atoms with Gasteiger partial charge in [0.15, 0.2) is 0 Å². The van der Waals surface area contributed by atoms with Gasteiger partial charge in [0.1, 0.15) is 0 Å². The first-order chi connectivity index (χ1) is 19.1. The van der Waals surface area contributed by atoms with Crippen LogP contribution in [0.5, 0.6) is 0 Å². The van der Waals surface area contributed by atoms with Crippen molar-refractivity contribution in [3.63, 3.8) is 0 Å². The summed E-state index contributed by atoms with van der Waals surface area (Å²) in [5, 5.41) is 24.3. The number of carbonyl (C=O) groups is 1. The maximum absolute atomic E-state index is 11.8. The molecule has 3 aromatic carbocycles. The van der Waals surface area contributed by atoms with Crippen molar-refractivity contribution < 1.29 is 44.6 Å². The molecule has 4 nitrogen and oxygen atoms in total. The molecule has 1 heterocycles.